The molecule has 662 valence electrons. The Kier molecular flexibility index (Phi) is 32.3. The molecule has 10 saturated heterocycles. The van der Waals surface area contributed by atoms with Crippen LogP contribution in [-0.4, -0.2) is 251 Å². The number of carbonyl (C=O) groups is 2. The molecule has 15 heterocycles. The number of carbonyl (C=O) groups excluding carboxylic acids is 2. The van der Waals surface area contributed by atoms with Gasteiger partial charge >= 0.3 is 0 Å². The highest BCUT2D eigenvalue weighted by atomic mass is 35.5. The molecule has 0 spiro atoms. The van der Waals surface area contributed by atoms with Crippen molar-refractivity contribution >= 4 is 118 Å². The molecule has 0 N–H and O–H groups in total. The number of halogens is 2. The molecule has 0 radical (unpaired) electrons. The molecule has 10 aliphatic heterocycles. The van der Waals surface area contributed by atoms with Crippen molar-refractivity contribution in [3.63, 3.8) is 0 Å². The lowest BCUT2D eigenvalue weighted by Crippen LogP contribution is -2.46. The van der Waals surface area contributed by atoms with Gasteiger partial charge in [0.1, 0.15) is 5.75 Å². The molecule has 24 nitrogen and oxygen atoms in total. The van der Waals surface area contributed by atoms with E-state index in [2.05, 4.69) is 76.9 Å². The second-order valence-corrected chi connectivity index (χ2v) is 39.2. The maximum Gasteiger partial charge on any atom is 0.205 e. The van der Waals surface area contributed by atoms with Gasteiger partial charge in [-0.05, 0) is 262 Å². The number of hydrogen-bond acceptors (Lipinski definition) is 29. The third-order valence-electron chi connectivity index (χ3n) is 26.5. The fourth-order valence-electron chi connectivity index (χ4n) is 19.5. The SMILES string of the molecule is CC(=O)c1ccc(-c2nsc(N3CCC[C@H]3CN3CCCC3)n2)cc1.CC(=O)c1ccccc1-c1nsc(N2CCC(N3CCCCC3)CC2)n1.COc1ccccc1-c1nsc(N2CCC(N3CCCCC3)CC2)n1.Clc1ccc(-c2nsc(N3CCC(N4CCCCC4)CC3)n2)c(Cl)c1.N#Cc1ccc(-c2nsc(N3CCC[C@H]3CN3CCCC3)n2)cc1. The molecular weight excluding hydrogens is 1700 g/mol. The topological polar surface area (TPSA) is 228 Å². The highest BCUT2D eigenvalue weighted by molar-refractivity contribution is 7.11. The molecule has 5 aromatic carbocycles. The number of benzene rings is 5. The van der Waals surface area contributed by atoms with Gasteiger partial charge in [-0.15, -0.1) is 0 Å². The number of hydrogen-bond donors (Lipinski definition) is 0. The third kappa shape index (κ3) is 23.7. The van der Waals surface area contributed by atoms with Crippen molar-refractivity contribution < 1.29 is 14.3 Å². The van der Waals surface area contributed by atoms with Gasteiger partial charge in [0.25, 0.3) is 0 Å². The van der Waals surface area contributed by atoms with E-state index in [1.807, 2.05) is 109 Å². The van der Waals surface area contributed by atoms with Crippen LogP contribution in [-0.2, 0) is 0 Å². The zero-order valence-electron chi connectivity index (χ0n) is 72.7. The number of Topliss-reactive ketones (excluding diaryl/α,β-unsaturated/α-hetero) is 2. The van der Waals surface area contributed by atoms with E-state index in [4.69, 9.17) is 58.1 Å². The summed E-state index contributed by atoms with van der Waals surface area (Å²) >= 11 is 19.7. The lowest BCUT2D eigenvalue weighted by atomic mass is 10.0. The number of likely N-dealkylation sites (tertiary alicyclic amines) is 5. The van der Waals surface area contributed by atoms with Crippen molar-refractivity contribution in [1.29, 1.82) is 5.26 Å². The molecule has 0 aliphatic carbocycles. The van der Waals surface area contributed by atoms with Crippen LogP contribution in [0.1, 0.15) is 188 Å². The smallest absolute Gasteiger partial charge is 0.205 e. The summed E-state index contributed by atoms with van der Waals surface area (Å²) in [5.41, 5.74) is 6.69. The minimum atomic E-state index is 0.0549. The van der Waals surface area contributed by atoms with Crippen LogP contribution in [0.5, 0.6) is 5.75 Å². The van der Waals surface area contributed by atoms with Crippen LogP contribution in [0.15, 0.2) is 115 Å². The van der Waals surface area contributed by atoms with Crippen LogP contribution in [0.4, 0.5) is 25.7 Å². The summed E-state index contributed by atoms with van der Waals surface area (Å²) in [7, 11) is 1.69. The minimum Gasteiger partial charge on any atom is -0.496 e. The van der Waals surface area contributed by atoms with E-state index in [1.165, 1.54) is 271 Å². The Morgan fingerprint density at radius 1 is 0.392 bits per heavy atom. The van der Waals surface area contributed by atoms with Crippen LogP contribution in [0.25, 0.3) is 56.9 Å². The number of aromatic nitrogens is 10. The van der Waals surface area contributed by atoms with Crippen LogP contribution < -0.4 is 29.2 Å². The second-order valence-electron chi connectivity index (χ2n) is 34.7. The number of anilines is 5. The van der Waals surface area contributed by atoms with Gasteiger partial charge in [0.05, 0.1) is 29.3 Å². The van der Waals surface area contributed by atoms with E-state index in [1.54, 1.807) is 27.0 Å². The third-order valence-corrected chi connectivity index (χ3v) is 30.9. The molecule has 5 aromatic heterocycles. The van der Waals surface area contributed by atoms with Crippen LogP contribution >= 0.6 is 80.9 Å². The molecular formula is C94H119Cl2N21O3S5. The first-order valence-electron chi connectivity index (χ1n) is 45.8. The quantitative estimate of drug-likeness (QED) is 0.0646. The zero-order chi connectivity index (χ0) is 85.8. The average molecular weight is 1820 g/mol. The molecule has 20 rings (SSSR count). The minimum absolute atomic E-state index is 0.0549. The van der Waals surface area contributed by atoms with Gasteiger partial charge in [-0.3, -0.25) is 9.59 Å². The fourth-order valence-corrected chi connectivity index (χ4v) is 23.8. The highest BCUT2D eigenvalue weighted by Gasteiger charge is 2.35. The summed E-state index contributed by atoms with van der Waals surface area (Å²) in [6.45, 7) is 26.7. The van der Waals surface area contributed by atoms with Crippen molar-refractivity contribution in [3.8, 4) is 68.8 Å². The molecule has 10 aliphatic rings. The van der Waals surface area contributed by atoms with E-state index in [0.717, 1.165) is 166 Å². The maximum atomic E-state index is 11.9. The van der Waals surface area contributed by atoms with Crippen LogP contribution in [0.2, 0.25) is 10.0 Å². The van der Waals surface area contributed by atoms with Crippen molar-refractivity contribution in [1.82, 2.24) is 71.3 Å². The number of piperidine rings is 6. The lowest BCUT2D eigenvalue weighted by molar-refractivity contribution is 0.100. The molecule has 0 unspecified atom stereocenters. The molecule has 0 amide bonds. The van der Waals surface area contributed by atoms with Gasteiger partial charge in [0.15, 0.2) is 40.7 Å². The number of ketones is 2. The van der Waals surface area contributed by atoms with Gasteiger partial charge in [-0.1, -0.05) is 103 Å². The summed E-state index contributed by atoms with van der Waals surface area (Å²) in [4.78, 5) is 72.4. The number of methoxy groups -OCH3 is 1. The van der Waals surface area contributed by atoms with Gasteiger partial charge < -0.3 is 53.7 Å². The first kappa shape index (κ1) is 90.3. The van der Waals surface area contributed by atoms with Crippen LogP contribution in [0, 0.1) is 11.3 Å². The fraction of sp³-hybridized carbons (Fsp3) is 0.543. The Morgan fingerprint density at radius 3 is 1.18 bits per heavy atom. The summed E-state index contributed by atoms with van der Waals surface area (Å²) < 4.78 is 28.2. The Labute approximate surface area is 768 Å². The molecule has 31 heteroatoms. The van der Waals surface area contributed by atoms with Crippen molar-refractivity contribution in [2.24, 2.45) is 0 Å². The first-order chi connectivity index (χ1) is 61.3. The number of nitriles is 1. The largest absolute Gasteiger partial charge is 0.496 e. The number of para-hydroxylation sites is 1. The molecule has 2 atom stereocenters. The highest BCUT2D eigenvalue weighted by Crippen LogP contribution is 2.39. The Balaban J connectivity index is 0.000000115. The summed E-state index contributed by atoms with van der Waals surface area (Å²) in [6, 6.07) is 41.6. The number of nitrogens with zero attached hydrogens (tertiary/aromatic N) is 21. The van der Waals surface area contributed by atoms with Gasteiger partial charge in [0.2, 0.25) is 25.7 Å². The van der Waals surface area contributed by atoms with Crippen molar-refractivity contribution in [2.45, 2.75) is 192 Å². The second kappa shape index (κ2) is 44.8. The van der Waals surface area contributed by atoms with E-state index < -0.39 is 0 Å². The first-order valence-corrected chi connectivity index (χ1v) is 50.4. The maximum absolute atomic E-state index is 11.9. The van der Waals surface area contributed by atoms with E-state index in [0.29, 0.717) is 44.9 Å². The van der Waals surface area contributed by atoms with E-state index in [-0.39, 0.29) is 11.6 Å². The standard InChI is InChI=1S/C20H26N4OS.C19H26N4OS.C19H24N4OS.C18H22Cl2N4S.C18H21N5S/c1-15(25)17-7-3-4-8-18(17)19-21-20(26-22-19)24-13-9-16(10-14-24)23-11-5-2-6-12-23;1-24-17-8-4-3-7-16(17)18-20-19(25-21-18)23-13-9-15(10-14-23)22-11-5-2-6-12-22;1-14(24)15-6-8-16(9-7-15)18-20-19(25-21-18)23-12-4-5-17(23)13-22-10-2-3-11-22;19-13-4-5-15(16(20)12-13)17-21-18(25-22-17)24-10-6-14(7-11-24)23-8-2-1-3-9-23;19-12-14-5-7-15(8-6-14)17-20-18(24-21-17)23-11-3-4-16(23)13-22-9-1-2-10-22/h3-4,7-8,16H,2,5-6,9-14H2,1H3;3-4,7-8,15H,2,5-6,9-14H2,1H3;6-9,17H,2-5,10-13H2,1H3;4-5,12,14H,1-3,6-11H2;5-8,16H,1-4,9-11,13H2/t;;17-;;16-/m..0.0/s1. The Bertz CT molecular complexity index is 5100. The molecule has 10 fully saturated rings. The summed E-state index contributed by atoms with van der Waals surface area (Å²) in [5.74, 6) is 4.65. The number of rotatable bonds is 20. The predicted molar refractivity (Wildman–Crippen MR) is 512 cm³/mol. The Hall–Kier alpha value is -8.09. The van der Waals surface area contributed by atoms with Crippen LogP contribution in [0.3, 0.4) is 0 Å². The van der Waals surface area contributed by atoms with Crippen molar-refractivity contribution in [2.75, 3.05) is 163 Å². The monoisotopic (exact) mass is 1820 g/mol. The Morgan fingerprint density at radius 2 is 0.768 bits per heavy atom. The van der Waals surface area contributed by atoms with Crippen molar-refractivity contribution in [3.05, 3.63) is 142 Å². The number of ether oxygens (including phenoxy) is 1. The molecule has 125 heavy (non-hydrogen) atoms. The van der Waals surface area contributed by atoms with Gasteiger partial charge in [-0.2, -0.15) is 52.0 Å². The van der Waals surface area contributed by atoms with E-state index in [9.17, 15) is 9.59 Å². The predicted octanol–water partition coefficient (Wildman–Crippen LogP) is 19.1. The van der Waals surface area contributed by atoms with Gasteiger partial charge in [-0.25, -0.2) is 0 Å². The van der Waals surface area contributed by atoms with E-state index >= 15 is 0 Å². The lowest BCUT2D eigenvalue weighted by Gasteiger charge is -2.40. The van der Waals surface area contributed by atoms with Gasteiger partial charge in [0, 0.05) is 192 Å². The molecule has 0 bridgehead atoms. The molecule has 0 saturated carbocycles. The normalized spacial score (nSPS) is 20.4. The average Bonchev–Trinajstić information content (AvgIpc) is 1.71. The zero-order valence-corrected chi connectivity index (χ0v) is 78.3. The summed E-state index contributed by atoms with van der Waals surface area (Å²) in [5, 5.41) is 15.2. The molecule has 10 aromatic rings. The summed E-state index contributed by atoms with van der Waals surface area (Å²) in [6.07, 6.45) is 30.1.